The maximum Gasteiger partial charge on any atom is 0.290 e. The maximum absolute atomic E-state index is 13.4. The van der Waals surface area contributed by atoms with E-state index < -0.39 is 6.04 Å². The van der Waals surface area contributed by atoms with E-state index in [1.54, 1.807) is 32.4 Å². The first kappa shape index (κ1) is 19.8. The van der Waals surface area contributed by atoms with Gasteiger partial charge in [0.15, 0.2) is 16.9 Å². The molecule has 1 amide bonds. The van der Waals surface area contributed by atoms with Crippen LogP contribution in [0.2, 0.25) is 0 Å². The van der Waals surface area contributed by atoms with Gasteiger partial charge < -0.3 is 18.8 Å². The number of carbonyl (C=O) groups excluding carboxylic acids is 1. The second-order valence-electron chi connectivity index (χ2n) is 7.44. The Morgan fingerprint density at radius 2 is 1.87 bits per heavy atom. The van der Waals surface area contributed by atoms with Crippen molar-refractivity contribution in [3.63, 3.8) is 0 Å². The molecular formula is C24H23NO5. The van der Waals surface area contributed by atoms with Crippen LogP contribution in [-0.2, 0) is 0 Å². The first-order valence-electron chi connectivity index (χ1n) is 9.64. The van der Waals surface area contributed by atoms with Crippen molar-refractivity contribution in [3.05, 3.63) is 81.2 Å². The zero-order chi connectivity index (χ0) is 21.6. The van der Waals surface area contributed by atoms with Crippen LogP contribution in [0.1, 0.15) is 38.9 Å². The van der Waals surface area contributed by atoms with Crippen molar-refractivity contribution in [2.24, 2.45) is 0 Å². The van der Waals surface area contributed by atoms with Gasteiger partial charge in [-0.1, -0.05) is 18.7 Å². The predicted octanol–water partition coefficient (Wildman–Crippen LogP) is 4.16. The molecule has 0 spiro atoms. The minimum atomic E-state index is -0.572. The second-order valence-corrected chi connectivity index (χ2v) is 7.44. The number of hydrogen-bond donors (Lipinski definition) is 0. The van der Waals surface area contributed by atoms with Crippen molar-refractivity contribution in [2.45, 2.75) is 19.9 Å². The van der Waals surface area contributed by atoms with Crippen LogP contribution in [0.15, 0.2) is 52.2 Å². The summed E-state index contributed by atoms with van der Waals surface area (Å²) < 4.78 is 17.0. The monoisotopic (exact) mass is 405 g/mol. The third-order valence-corrected chi connectivity index (χ3v) is 5.58. The summed E-state index contributed by atoms with van der Waals surface area (Å²) in [7, 11) is 3.21. The van der Waals surface area contributed by atoms with Crippen LogP contribution in [0.5, 0.6) is 11.5 Å². The fourth-order valence-corrected chi connectivity index (χ4v) is 3.86. The molecule has 0 N–H and O–H groups in total. The Bertz CT molecular complexity index is 1240. The second kappa shape index (κ2) is 7.37. The van der Waals surface area contributed by atoms with Crippen molar-refractivity contribution in [3.8, 4) is 11.5 Å². The van der Waals surface area contributed by atoms with E-state index in [0.29, 0.717) is 34.6 Å². The maximum atomic E-state index is 13.4. The van der Waals surface area contributed by atoms with Gasteiger partial charge in [0.1, 0.15) is 12.2 Å². The Labute approximate surface area is 174 Å². The van der Waals surface area contributed by atoms with Crippen molar-refractivity contribution < 1.29 is 18.7 Å². The molecule has 1 aliphatic heterocycles. The Morgan fingerprint density at radius 1 is 1.13 bits per heavy atom. The number of methoxy groups -OCH3 is 1. The number of carbonyl (C=O) groups is 1. The molecule has 1 aromatic heterocycles. The molecule has 1 atom stereocenters. The van der Waals surface area contributed by atoms with Gasteiger partial charge >= 0.3 is 0 Å². The molecule has 154 valence electrons. The van der Waals surface area contributed by atoms with Crippen LogP contribution in [0.3, 0.4) is 0 Å². The fourth-order valence-electron chi connectivity index (χ4n) is 3.86. The summed E-state index contributed by atoms with van der Waals surface area (Å²) in [5.41, 5.74) is 3.32. The molecule has 0 saturated carbocycles. The van der Waals surface area contributed by atoms with Gasteiger partial charge in [0.25, 0.3) is 5.91 Å². The number of aryl methyl sites for hydroxylation is 2. The van der Waals surface area contributed by atoms with Crippen LogP contribution >= 0.6 is 0 Å². The van der Waals surface area contributed by atoms with Crippen molar-refractivity contribution in [2.75, 3.05) is 20.8 Å². The lowest BCUT2D eigenvalue weighted by molar-refractivity contribution is 0.0771. The van der Waals surface area contributed by atoms with Crippen LogP contribution in [0.4, 0.5) is 0 Å². The molecule has 0 aliphatic carbocycles. The van der Waals surface area contributed by atoms with E-state index in [4.69, 9.17) is 13.9 Å². The standard InChI is InChI=1S/C24H23NO5/c1-6-9-29-17-8-7-15(12-19(17)28-5)21-20-22(26)16-10-13(2)14(3)11-18(16)30-23(20)24(27)25(21)4/h6-8,10-12,21H,1,9H2,2-5H3. The van der Waals surface area contributed by atoms with Gasteiger partial charge in [-0.05, 0) is 54.8 Å². The average molecular weight is 405 g/mol. The molecule has 6 nitrogen and oxygen atoms in total. The zero-order valence-corrected chi connectivity index (χ0v) is 17.4. The molecule has 0 bridgehead atoms. The number of benzene rings is 2. The number of nitrogens with zero attached hydrogens (tertiary/aromatic N) is 1. The summed E-state index contributed by atoms with van der Waals surface area (Å²) in [6.45, 7) is 7.88. The number of fused-ring (bicyclic) bond motifs is 2. The predicted molar refractivity (Wildman–Crippen MR) is 115 cm³/mol. The fraction of sp³-hybridized carbons (Fsp3) is 0.250. The SMILES string of the molecule is C=CCOc1ccc(C2c3c(oc4cc(C)c(C)cc4c3=O)C(=O)N2C)cc1OC. The normalized spacial score (nSPS) is 15.4. The largest absolute Gasteiger partial charge is 0.493 e. The van der Waals surface area contributed by atoms with E-state index in [1.165, 1.54) is 4.90 Å². The minimum absolute atomic E-state index is 0.0919. The van der Waals surface area contributed by atoms with E-state index in [2.05, 4.69) is 6.58 Å². The number of ether oxygens (including phenoxy) is 2. The quantitative estimate of drug-likeness (QED) is 0.596. The Kier molecular flexibility index (Phi) is 4.86. The Morgan fingerprint density at radius 3 is 2.57 bits per heavy atom. The van der Waals surface area contributed by atoms with E-state index >= 15 is 0 Å². The van der Waals surface area contributed by atoms with E-state index in [9.17, 15) is 9.59 Å². The summed E-state index contributed by atoms with van der Waals surface area (Å²) in [6, 6.07) is 8.44. The molecule has 2 heterocycles. The van der Waals surface area contributed by atoms with Gasteiger partial charge in [0, 0.05) is 7.05 Å². The van der Waals surface area contributed by atoms with E-state index in [1.807, 2.05) is 32.0 Å². The highest BCUT2D eigenvalue weighted by Crippen LogP contribution is 2.40. The number of hydrogen-bond acceptors (Lipinski definition) is 5. The van der Waals surface area contributed by atoms with Gasteiger partial charge in [0.05, 0.1) is 24.1 Å². The highest BCUT2D eigenvalue weighted by Gasteiger charge is 2.41. The smallest absolute Gasteiger partial charge is 0.290 e. The summed E-state index contributed by atoms with van der Waals surface area (Å²) in [5.74, 6) is 0.845. The van der Waals surface area contributed by atoms with Gasteiger partial charge in [-0.15, -0.1) is 0 Å². The first-order chi connectivity index (χ1) is 14.4. The number of rotatable bonds is 5. The molecule has 0 fully saturated rings. The van der Waals surface area contributed by atoms with Gasteiger partial charge in [-0.2, -0.15) is 0 Å². The van der Waals surface area contributed by atoms with Crippen LogP contribution in [0, 0.1) is 13.8 Å². The minimum Gasteiger partial charge on any atom is -0.493 e. The molecule has 0 saturated heterocycles. The summed E-state index contributed by atoms with van der Waals surface area (Å²) in [6.07, 6.45) is 1.65. The molecule has 3 aromatic rings. The van der Waals surface area contributed by atoms with Crippen LogP contribution in [0.25, 0.3) is 11.0 Å². The Balaban J connectivity index is 1.91. The van der Waals surface area contributed by atoms with Crippen LogP contribution in [-0.4, -0.2) is 31.6 Å². The molecule has 6 heteroatoms. The third-order valence-electron chi connectivity index (χ3n) is 5.58. The third kappa shape index (κ3) is 2.96. The molecule has 1 unspecified atom stereocenters. The summed E-state index contributed by atoms with van der Waals surface area (Å²) in [5, 5.41) is 0.475. The molecule has 1 aliphatic rings. The van der Waals surface area contributed by atoms with E-state index in [0.717, 1.165) is 16.7 Å². The zero-order valence-electron chi connectivity index (χ0n) is 17.4. The number of amides is 1. The van der Waals surface area contributed by atoms with Gasteiger partial charge in [0.2, 0.25) is 5.76 Å². The molecule has 30 heavy (non-hydrogen) atoms. The van der Waals surface area contributed by atoms with Crippen molar-refractivity contribution in [1.29, 1.82) is 0 Å². The summed E-state index contributed by atoms with van der Waals surface area (Å²) >= 11 is 0. The lowest BCUT2D eigenvalue weighted by atomic mass is 9.97. The molecule has 4 rings (SSSR count). The van der Waals surface area contributed by atoms with Crippen molar-refractivity contribution >= 4 is 16.9 Å². The highest BCUT2D eigenvalue weighted by molar-refractivity contribution is 5.99. The molecule has 2 aromatic carbocycles. The first-order valence-corrected chi connectivity index (χ1v) is 9.64. The lowest BCUT2D eigenvalue weighted by Gasteiger charge is -2.21. The molecule has 0 radical (unpaired) electrons. The summed E-state index contributed by atoms with van der Waals surface area (Å²) in [4.78, 5) is 27.9. The lowest BCUT2D eigenvalue weighted by Crippen LogP contribution is -2.25. The molecular weight excluding hydrogens is 382 g/mol. The Hall–Kier alpha value is -3.54. The van der Waals surface area contributed by atoms with Gasteiger partial charge in [-0.25, -0.2) is 0 Å². The highest BCUT2D eigenvalue weighted by atomic mass is 16.5. The van der Waals surface area contributed by atoms with Crippen molar-refractivity contribution in [1.82, 2.24) is 4.90 Å². The van der Waals surface area contributed by atoms with E-state index in [-0.39, 0.29) is 17.1 Å². The average Bonchev–Trinajstić information content (AvgIpc) is 2.99. The van der Waals surface area contributed by atoms with Gasteiger partial charge in [-0.3, -0.25) is 9.59 Å². The van der Waals surface area contributed by atoms with Crippen LogP contribution < -0.4 is 14.9 Å². The topological polar surface area (TPSA) is 69.0 Å².